The number of halogens is 2. The lowest BCUT2D eigenvalue weighted by atomic mass is 10.0. The molecule has 0 N–H and O–H groups in total. The molecule has 0 spiro atoms. The van der Waals surface area contributed by atoms with Crippen LogP contribution in [0.1, 0.15) is 11.1 Å². The summed E-state index contributed by atoms with van der Waals surface area (Å²) in [6.45, 7) is -2.85. The van der Waals surface area contributed by atoms with Crippen LogP contribution in [0.2, 0.25) is 0 Å². The van der Waals surface area contributed by atoms with Gasteiger partial charge in [-0.25, -0.2) is 0 Å². The fourth-order valence-corrected chi connectivity index (χ4v) is 2.45. The molecule has 3 rings (SSSR count). The molecule has 0 aliphatic carbocycles. The molecule has 1 heterocycles. The van der Waals surface area contributed by atoms with Crippen molar-refractivity contribution < 1.29 is 18.3 Å². The zero-order chi connectivity index (χ0) is 15.7. The Morgan fingerprint density at radius 1 is 1.09 bits per heavy atom. The summed E-state index contributed by atoms with van der Waals surface area (Å²) >= 11 is 0. The van der Waals surface area contributed by atoms with Crippen molar-refractivity contribution in [3.05, 3.63) is 59.7 Å². The van der Waals surface area contributed by atoms with Crippen molar-refractivity contribution in [3.63, 3.8) is 0 Å². The number of benzene rings is 2. The van der Waals surface area contributed by atoms with Crippen molar-refractivity contribution in [1.82, 2.24) is 0 Å². The van der Waals surface area contributed by atoms with Crippen LogP contribution in [0.25, 0.3) is 11.6 Å². The molecule has 0 saturated heterocycles. The number of rotatable bonds is 3. The van der Waals surface area contributed by atoms with Gasteiger partial charge in [0.05, 0.1) is 5.69 Å². The highest BCUT2D eigenvalue weighted by atomic mass is 19.3. The second-order valence-corrected chi connectivity index (χ2v) is 4.89. The molecule has 0 radical (unpaired) electrons. The van der Waals surface area contributed by atoms with E-state index < -0.39 is 6.61 Å². The number of ether oxygens (including phenoxy) is 1. The Hall–Kier alpha value is -2.69. The highest BCUT2D eigenvalue weighted by Crippen LogP contribution is 2.36. The number of likely N-dealkylation sites (N-methyl/N-ethyl adjacent to an activating group) is 1. The summed E-state index contributed by atoms with van der Waals surface area (Å²) in [5, 5.41) is 0. The van der Waals surface area contributed by atoms with E-state index in [-0.39, 0.29) is 11.7 Å². The number of hydrogen-bond acceptors (Lipinski definition) is 2. The van der Waals surface area contributed by atoms with E-state index in [0.717, 1.165) is 16.8 Å². The predicted octanol–water partition coefficient (Wildman–Crippen LogP) is 3.81. The maximum atomic E-state index is 12.3. The van der Waals surface area contributed by atoms with Gasteiger partial charge in [-0.2, -0.15) is 8.78 Å². The molecule has 2 aromatic carbocycles. The fraction of sp³-hybridized carbons (Fsp3) is 0.118. The van der Waals surface area contributed by atoms with Gasteiger partial charge in [0.15, 0.2) is 0 Å². The fourth-order valence-electron chi connectivity index (χ4n) is 2.45. The summed E-state index contributed by atoms with van der Waals surface area (Å²) in [4.78, 5) is 13.9. The summed E-state index contributed by atoms with van der Waals surface area (Å²) in [6.07, 6.45) is 1.75. The molecular weight excluding hydrogens is 288 g/mol. The van der Waals surface area contributed by atoms with Gasteiger partial charge in [-0.05, 0) is 29.8 Å². The molecule has 0 atom stereocenters. The number of nitrogens with zero attached hydrogens (tertiary/aromatic N) is 1. The summed E-state index contributed by atoms with van der Waals surface area (Å²) in [5.41, 5.74) is 3.05. The monoisotopic (exact) mass is 301 g/mol. The number of carbonyl (C=O) groups excluding carboxylic acids is 1. The lowest BCUT2D eigenvalue weighted by molar-refractivity contribution is -0.112. The average Bonchev–Trinajstić information content (AvgIpc) is 2.74. The van der Waals surface area contributed by atoms with Crippen molar-refractivity contribution in [2.75, 3.05) is 11.9 Å². The summed E-state index contributed by atoms with van der Waals surface area (Å²) in [6, 6.07) is 13.7. The van der Waals surface area contributed by atoms with E-state index in [1.165, 1.54) is 12.1 Å². The van der Waals surface area contributed by atoms with E-state index in [1.54, 1.807) is 30.2 Å². The second-order valence-electron chi connectivity index (χ2n) is 4.89. The third-order valence-electron chi connectivity index (χ3n) is 3.51. The molecular formula is C17H13F2NO2. The molecule has 0 fully saturated rings. The maximum Gasteiger partial charge on any atom is 0.387 e. The number of carbonyl (C=O) groups is 1. The molecule has 1 aliphatic heterocycles. The highest BCUT2D eigenvalue weighted by molar-refractivity contribution is 6.35. The Bertz CT molecular complexity index is 739. The normalized spacial score (nSPS) is 15.5. The van der Waals surface area contributed by atoms with Gasteiger partial charge in [0.25, 0.3) is 5.91 Å². The molecule has 1 amide bonds. The molecule has 112 valence electrons. The van der Waals surface area contributed by atoms with Gasteiger partial charge in [0, 0.05) is 18.2 Å². The Labute approximate surface area is 126 Å². The van der Waals surface area contributed by atoms with Crippen LogP contribution in [0.3, 0.4) is 0 Å². The number of para-hydroxylation sites is 1. The van der Waals surface area contributed by atoms with Gasteiger partial charge in [0.2, 0.25) is 0 Å². The Balaban J connectivity index is 1.94. The minimum absolute atomic E-state index is 0.0888. The van der Waals surface area contributed by atoms with Gasteiger partial charge in [-0.1, -0.05) is 30.3 Å². The highest BCUT2D eigenvalue weighted by Gasteiger charge is 2.28. The number of alkyl halides is 2. The molecule has 3 nitrogen and oxygen atoms in total. The summed E-state index contributed by atoms with van der Waals surface area (Å²) in [5.74, 6) is 0.00141. The third kappa shape index (κ3) is 2.57. The Morgan fingerprint density at radius 2 is 1.77 bits per heavy atom. The van der Waals surface area contributed by atoms with E-state index in [4.69, 9.17) is 0 Å². The third-order valence-corrected chi connectivity index (χ3v) is 3.51. The van der Waals surface area contributed by atoms with Gasteiger partial charge >= 0.3 is 6.61 Å². The number of anilines is 1. The van der Waals surface area contributed by atoms with Crippen LogP contribution in [-0.2, 0) is 4.79 Å². The Kier molecular flexibility index (Phi) is 3.63. The molecule has 2 aromatic rings. The summed E-state index contributed by atoms with van der Waals surface area (Å²) < 4.78 is 28.6. The van der Waals surface area contributed by atoms with E-state index in [2.05, 4.69) is 4.74 Å². The molecule has 1 aliphatic rings. The van der Waals surface area contributed by atoms with Crippen molar-refractivity contribution >= 4 is 23.2 Å². The van der Waals surface area contributed by atoms with Crippen LogP contribution >= 0.6 is 0 Å². The zero-order valence-electron chi connectivity index (χ0n) is 11.8. The number of hydrogen-bond donors (Lipinski definition) is 0. The standard InChI is InChI=1S/C17H13F2NO2/c1-20-15-5-3-2-4-13(15)14(16(20)21)10-11-6-8-12(9-7-11)22-17(18)19/h2-10,17H,1H3/b14-10-. The van der Waals surface area contributed by atoms with Gasteiger partial charge < -0.3 is 9.64 Å². The predicted molar refractivity (Wildman–Crippen MR) is 80.8 cm³/mol. The van der Waals surface area contributed by atoms with E-state index in [9.17, 15) is 13.6 Å². The van der Waals surface area contributed by atoms with Gasteiger partial charge in [-0.3, -0.25) is 4.79 Å². The smallest absolute Gasteiger partial charge is 0.387 e. The topological polar surface area (TPSA) is 29.5 Å². The first-order valence-electron chi connectivity index (χ1n) is 6.70. The quantitative estimate of drug-likeness (QED) is 0.807. The lowest BCUT2D eigenvalue weighted by Crippen LogP contribution is -2.20. The van der Waals surface area contributed by atoms with E-state index >= 15 is 0 Å². The van der Waals surface area contributed by atoms with Crippen LogP contribution in [0, 0.1) is 0 Å². The van der Waals surface area contributed by atoms with Crippen LogP contribution in [-0.4, -0.2) is 19.6 Å². The minimum Gasteiger partial charge on any atom is -0.435 e. The largest absolute Gasteiger partial charge is 0.435 e. The van der Waals surface area contributed by atoms with Crippen LogP contribution in [0.15, 0.2) is 48.5 Å². The molecule has 22 heavy (non-hydrogen) atoms. The van der Waals surface area contributed by atoms with Gasteiger partial charge in [0.1, 0.15) is 5.75 Å². The SMILES string of the molecule is CN1C(=O)/C(=C\c2ccc(OC(F)F)cc2)c2ccccc21. The minimum atomic E-state index is -2.85. The molecule has 0 aromatic heterocycles. The molecule has 5 heteroatoms. The first-order valence-corrected chi connectivity index (χ1v) is 6.70. The first-order chi connectivity index (χ1) is 10.6. The van der Waals surface area contributed by atoms with Crippen molar-refractivity contribution in [2.24, 2.45) is 0 Å². The van der Waals surface area contributed by atoms with Crippen molar-refractivity contribution in [2.45, 2.75) is 6.61 Å². The Morgan fingerprint density at radius 3 is 2.45 bits per heavy atom. The average molecular weight is 301 g/mol. The number of fused-ring (bicyclic) bond motifs is 1. The van der Waals surface area contributed by atoms with Crippen LogP contribution in [0.4, 0.5) is 14.5 Å². The lowest BCUT2D eigenvalue weighted by Gasteiger charge is -2.08. The summed E-state index contributed by atoms with van der Waals surface area (Å²) in [7, 11) is 1.72. The molecule has 0 bridgehead atoms. The second kappa shape index (κ2) is 5.60. The van der Waals surface area contributed by atoms with Gasteiger partial charge in [-0.15, -0.1) is 0 Å². The number of amides is 1. The van der Waals surface area contributed by atoms with Crippen LogP contribution < -0.4 is 9.64 Å². The van der Waals surface area contributed by atoms with E-state index in [1.807, 2.05) is 24.3 Å². The van der Waals surface area contributed by atoms with Crippen molar-refractivity contribution in [3.8, 4) is 5.75 Å². The zero-order valence-corrected chi connectivity index (χ0v) is 11.8. The molecule has 0 saturated carbocycles. The van der Waals surface area contributed by atoms with Crippen LogP contribution in [0.5, 0.6) is 5.75 Å². The first kappa shape index (κ1) is 14.3. The molecule has 0 unspecified atom stereocenters. The van der Waals surface area contributed by atoms with Crippen molar-refractivity contribution in [1.29, 1.82) is 0 Å². The maximum absolute atomic E-state index is 12.3. The van der Waals surface area contributed by atoms with E-state index in [0.29, 0.717) is 5.57 Å².